The highest BCUT2D eigenvalue weighted by atomic mass is 19.1. The third-order valence-electron chi connectivity index (χ3n) is 4.48. The normalized spacial score (nSPS) is 20.4. The van der Waals surface area contributed by atoms with E-state index in [1.54, 1.807) is 0 Å². The lowest BCUT2D eigenvalue weighted by atomic mass is 9.92. The van der Waals surface area contributed by atoms with Crippen LogP contribution in [0.15, 0.2) is 72.8 Å². The predicted molar refractivity (Wildman–Crippen MR) is 91.9 cm³/mol. The SMILES string of the molecule is O=C1OC(CF)(c2ccc3ccccc3c2)CN1c1ccccc1. The van der Waals surface area contributed by atoms with E-state index in [2.05, 4.69) is 0 Å². The number of hydrogen-bond acceptors (Lipinski definition) is 2. The Bertz CT molecular complexity index is 896. The fourth-order valence-corrected chi connectivity index (χ4v) is 3.15. The van der Waals surface area contributed by atoms with Gasteiger partial charge in [-0.15, -0.1) is 0 Å². The van der Waals surface area contributed by atoms with E-state index in [9.17, 15) is 9.18 Å². The zero-order valence-corrected chi connectivity index (χ0v) is 13.0. The summed E-state index contributed by atoms with van der Waals surface area (Å²) in [7, 11) is 0. The molecule has 4 heteroatoms. The Morgan fingerprint density at radius 1 is 0.958 bits per heavy atom. The maximum absolute atomic E-state index is 14.0. The molecule has 1 saturated heterocycles. The minimum atomic E-state index is -1.27. The van der Waals surface area contributed by atoms with E-state index < -0.39 is 18.4 Å². The highest BCUT2D eigenvalue weighted by Gasteiger charge is 2.47. The number of benzene rings is 3. The molecule has 0 spiro atoms. The number of rotatable bonds is 3. The van der Waals surface area contributed by atoms with Crippen LogP contribution in [0, 0.1) is 0 Å². The van der Waals surface area contributed by atoms with Gasteiger partial charge < -0.3 is 4.74 Å². The fraction of sp³-hybridized carbons (Fsp3) is 0.150. The van der Waals surface area contributed by atoms with Crippen LogP contribution in [0.2, 0.25) is 0 Å². The quantitative estimate of drug-likeness (QED) is 0.702. The summed E-state index contributed by atoms with van der Waals surface area (Å²) < 4.78 is 19.5. The molecule has 1 atom stereocenters. The minimum Gasteiger partial charge on any atom is -0.433 e. The van der Waals surface area contributed by atoms with Crippen LogP contribution in [0.1, 0.15) is 5.56 Å². The molecule has 0 bridgehead atoms. The molecule has 1 fully saturated rings. The number of fused-ring (bicyclic) bond motifs is 1. The molecule has 24 heavy (non-hydrogen) atoms. The average Bonchev–Trinajstić information content (AvgIpc) is 3.00. The van der Waals surface area contributed by atoms with Gasteiger partial charge in [-0.3, -0.25) is 4.90 Å². The van der Waals surface area contributed by atoms with Crippen LogP contribution in [0.4, 0.5) is 14.9 Å². The summed E-state index contributed by atoms with van der Waals surface area (Å²) in [5, 5.41) is 2.07. The average molecular weight is 321 g/mol. The number of nitrogens with zero attached hydrogens (tertiary/aromatic N) is 1. The van der Waals surface area contributed by atoms with Gasteiger partial charge in [-0.2, -0.15) is 0 Å². The number of amides is 1. The molecule has 1 unspecified atom stereocenters. The number of halogens is 1. The van der Waals surface area contributed by atoms with Crippen molar-refractivity contribution in [1.82, 2.24) is 0 Å². The Balaban J connectivity index is 1.75. The lowest BCUT2D eigenvalue weighted by Crippen LogP contribution is -2.34. The second kappa shape index (κ2) is 5.64. The van der Waals surface area contributed by atoms with E-state index in [0.717, 1.165) is 10.8 Å². The molecule has 0 radical (unpaired) electrons. The second-order valence-corrected chi connectivity index (χ2v) is 5.98. The van der Waals surface area contributed by atoms with Crippen molar-refractivity contribution in [3.8, 4) is 0 Å². The minimum absolute atomic E-state index is 0.157. The molecule has 3 aromatic carbocycles. The molecule has 0 aromatic heterocycles. The van der Waals surface area contributed by atoms with Gasteiger partial charge in [0.2, 0.25) is 0 Å². The predicted octanol–water partition coefficient (Wildman–Crippen LogP) is 4.66. The summed E-state index contributed by atoms with van der Waals surface area (Å²) in [5.74, 6) is 0. The van der Waals surface area contributed by atoms with Gasteiger partial charge in [0.1, 0.15) is 6.67 Å². The van der Waals surface area contributed by atoms with Crippen LogP contribution in [-0.4, -0.2) is 19.3 Å². The number of hydrogen-bond donors (Lipinski definition) is 0. The van der Waals surface area contributed by atoms with Crippen molar-refractivity contribution < 1.29 is 13.9 Å². The third kappa shape index (κ3) is 2.31. The standard InChI is InChI=1S/C20H16FNO2/c21-13-20(17-11-10-15-6-4-5-7-16(15)12-17)14-22(19(23)24-20)18-8-2-1-3-9-18/h1-12H,13-14H2. The zero-order valence-electron chi connectivity index (χ0n) is 13.0. The summed E-state index contributed by atoms with van der Waals surface area (Å²) in [6.07, 6.45) is -0.521. The third-order valence-corrected chi connectivity index (χ3v) is 4.48. The van der Waals surface area contributed by atoms with Crippen molar-refractivity contribution in [1.29, 1.82) is 0 Å². The van der Waals surface area contributed by atoms with Crippen LogP contribution in [0.5, 0.6) is 0 Å². The maximum atomic E-state index is 14.0. The Morgan fingerprint density at radius 2 is 1.67 bits per heavy atom. The number of cyclic esters (lactones) is 1. The molecule has 1 aliphatic rings. The van der Waals surface area contributed by atoms with E-state index in [0.29, 0.717) is 11.3 Å². The van der Waals surface area contributed by atoms with Crippen molar-refractivity contribution in [2.75, 3.05) is 18.1 Å². The number of para-hydroxylation sites is 1. The molecule has 3 aromatic rings. The topological polar surface area (TPSA) is 29.5 Å². The van der Waals surface area contributed by atoms with Gasteiger partial charge in [0.05, 0.1) is 6.54 Å². The van der Waals surface area contributed by atoms with Crippen molar-refractivity contribution in [2.45, 2.75) is 5.60 Å². The number of alkyl halides is 1. The van der Waals surface area contributed by atoms with E-state index >= 15 is 0 Å². The van der Waals surface area contributed by atoms with Crippen LogP contribution in [0.3, 0.4) is 0 Å². The molecular formula is C20H16FNO2. The first kappa shape index (κ1) is 14.7. The second-order valence-electron chi connectivity index (χ2n) is 5.98. The lowest BCUT2D eigenvalue weighted by molar-refractivity contribution is 0.0324. The van der Waals surface area contributed by atoms with Gasteiger partial charge in [0.25, 0.3) is 0 Å². The van der Waals surface area contributed by atoms with Gasteiger partial charge in [0, 0.05) is 11.3 Å². The van der Waals surface area contributed by atoms with Crippen molar-refractivity contribution >= 4 is 22.6 Å². The summed E-state index contributed by atoms with van der Waals surface area (Å²) in [6.45, 7) is -0.606. The van der Waals surface area contributed by atoms with E-state index in [1.165, 1.54) is 4.90 Å². The first-order valence-corrected chi connectivity index (χ1v) is 7.83. The van der Waals surface area contributed by atoms with Crippen molar-refractivity contribution in [2.24, 2.45) is 0 Å². The smallest absolute Gasteiger partial charge is 0.415 e. The lowest BCUT2D eigenvalue weighted by Gasteiger charge is -2.24. The van der Waals surface area contributed by atoms with Gasteiger partial charge in [-0.1, -0.05) is 54.6 Å². The van der Waals surface area contributed by atoms with Crippen molar-refractivity contribution in [3.63, 3.8) is 0 Å². The van der Waals surface area contributed by atoms with Gasteiger partial charge in [-0.25, -0.2) is 9.18 Å². The largest absolute Gasteiger partial charge is 0.433 e. The molecule has 0 aliphatic carbocycles. The monoisotopic (exact) mass is 321 g/mol. The number of carbonyl (C=O) groups excluding carboxylic acids is 1. The van der Waals surface area contributed by atoms with Gasteiger partial charge >= 0.3 is 6.09 Å². The molecule has 0 N–H and O–H groups in total. The summed E-state index contributed by atoms with van der Waals surface area (Å²) in [4.78, 5) is 13.8. The molecule has 1 aliphatic heterocycles. The number of carbonyl (C=O) groups is 1. The van der Waals surface area contributed by atoms with Gasteiger partial charge in [0.15, 0.2) is 5.60 Å². The fourth-order valence-electron chi connectivity index (χ4n) is 3.15. The van der Waals surface area contributed by atoms with E-state index in [1.807, 2.05) is 72.8 Å². The van der Waals surface area contributed by atoms with E-state index in [-0.39, 0.29) is 6.54 Å². The van der Waals surface area contributed by atoms with Crippen LogP contribution in [0.25, 0.3) is 10.8 Å². The Morgan fingerprint density at radius 3 is 2.42 bits per heavy atom. The van der Waals surface area contributed by atoms with Crippen LogP contribution >= 0.6 is 0 Å². The highest BCUT2D eigenvalue weighted by molar-refractivity contribution is 5.91. The molecule has 1 amide bonds. The first-order chi connectivity index (χ1) is 11.7. The molecule has 3 nitrogen and oxygen atoms in total. The molecule has 4 rings (SSSR count). The highest BCUT2D eigenvalue weighted by Crippen LogP contribution is 2.37. The molecule has 120 valence electrons. The molecule has 0 saturated carbocycles. The Kier molecular flexibility index (Phi) is 3.45. The van der Waals surface area contributed by atoms with Crippen LogP contribution in [-0.2, 0) is 10.3 Å². The van der Waals surface area contributed by atoms with Crippen molar-refractivity contribution in [3.05, 3.63) is 78.4 Å². The first-order valence-electron chi connectivity index (χ1n) is 7.83. The summed E-state index contributed by atoms with van der Waals surface area (Å²) in [6, 6.07) is 22.7. The van der Waals surface area contributed by atoms with Gasteiger partial charge in [-0.05, 0) is 29.0 Å². The van der Waals surface area contributed by atoms with Crippen LogP contribution < -0.4 is 4.90 Å². The Hall–Kier alpha value is -2.88. The zero-order chi connectivity index (χ0) is 16.6. The van der Waals surface area contributed by atoms with E-state index in [4.69, 9.17) is 4.74 Å². The number of ether oxygens (including phenoxy) is 1. The molecule has 1 heterocycles. The summed E-state index contributed by atoms with van der Waals surface area (Å²) >= 11 is 0. The number of anilines is 1. The Labute approximate surface area is 139 Å². The molecular weight excluding hydrogens is 305 g/mol. The maximum Gasteiger partial charge on any atom is 0.415 e. The summed E-state index contributed by atoms with van der Waals surface area (Å²) in [5.41, 5.74) is 0.117.